The van der Waals surface area contributed by atoms with E-state index >= 15 is 0 Å². The molecule has 0 saturated carbocycles. The number of hydrogen-bond donors (Lipinski definition) is 0. The van der Waals surface area contributed by atoms with Gasteiger partial charge in [0.1, 0.15) is 0 Å². The number of aryl methyl sites for hydroxylation is 2. The number of carbonyl (C=O) groups is 1. The molecule has 2 aliphatic rings. The van der Waals surface area contributed by atoms with Gasteiger partial charge in [0.15, 0.2) is 0 Å². The molecule has 3 heteroatoms. The fraction of sp³-hybridized carbons (Fsp3) is 0.536. The standard InChI is InChI=1S/C10H11NO.C10H13N.4C2H6/c1-7-3-4-9-8(5-7)6-10(12)11(9)2;1-8-3-4-10-9(7-8)5-6-11(10)2;4*1-2/h3-5H,6H2,1-2H3;3-4,7H,5-6H2,1-2H3;4*1-2H3. The molecule has 0 N–H and O–H groups in total. The van der Waals surface area contributed by atoms with Crippen LogP contribution in [0.5, 0.6) is 0 Å². The molecule has 31 heavy (non-hydrogen) atoms. The molecule has 0 bridgehead atoms. The van der Waals surface area contributed by atoms with Crippen molar-refractivity contribution in [2.24, 2.45) is 0 Å². The average Bonchev–Trinajstić information content (AvgIpc) is 3.32. The predicted octanol–water partition coefficient (Wildman–Crippen LogP) is 7.61. The normalized spacial score (nSPS) is 12.1. The second kappa shape index (κ2) is 17.4. The SMILES string of the molecule is CC.CC.CC.CC.Cc1ccc2c(c1)CC(=O)N2C.Cc1ccc2c(c1)CCN2C. The molecule has 4 rings (SSSR count). The molecule has 0 spiro atoms. The molecular weight excluding hydrogens is 380 g/mol. The van der Waals surface area contributed by atoms with E-state index in [1.165, 1.54) is 35.3 Å². The zero-order chi connectivity index (χ0) is 24.6. The molecule has 0 unspecified atom stereocenters. The summed E-state index contributed by atoms with van der Waals surface area (Å²) in [5.74, 6) is 0.190. The van der Waals surface area contributed by atoms with Crippen molar-refractivity contribution in [1.29, 1.82) is 0 Å². The van der Waals surface area contributed by atoms with Crippen molar-refractivity contribution in [2.75, 3.05) is 30.4 Å². The Morgan fingerprint density at radius 2 is 1.13 bits per heavy atom. The Morgan fingerprint density at radius 3 is 1.65 bits per heavy atom. The molecule has 0 aromatic heterocycles. The Labute approximate surface area is 193 Å². The summed E-state index contributed by atoms with van der Waals surface area (Å²) in [6.45, 7) is 21.4. The van der Waals surface area contributed by atoms with Crippen LogP contribution in [0.25, 0.3) is 0 Å². The lowest BCUT2D eigenvalue weighted by molar-refractivity contribution is -0.117. The number of hydrogen-bond acceptors (Lipinski definition) is 2. The van der Waals surface area contributed by atoms with E-state index in [2.05, 4.69) is 43.1 Å². The van der Waals surface area contributed by atoms with Crippen molar-refractivity contribution < 1.29 is 4.79 Å². The van der Waals surface area contributed by atoms with E-state index in [-0.39, 0.29) is 5.91 Å². The highest BCUT2D eigenvalue weighted by molar-refractivity contribution is 6.00. The van der Waals surface area contributed by atoms with Crippen LogP contribution in [-0.2, 0) is 17.6 Å². The van der Waals surface area contributed by atoms with Crippen LogP contribution in [0.1, 0.15) is 77.6 Å². The third-order valence-corrected chi connectivity index (χ3v) is 4.67. The van der Waals surface area contributed by atoms with Crippen molar-refractivity contribution in [3.8, 4) is 0 Å². The first-order chi connectivity index (χ1) is 15.0. The van der Waals surface area contributed by atoms with Gasteiger partial charge in [-0.3, -0.25) is 4.79 Å². The lowest BCUT2D eigenvalue weighted by Crippen LogP contribution is -2.20. The molecule has 3 nitrogen and oxygen atoms in total. The minimum absolute atomic E-state index is 0.190. The fourth-order valence-corrected chi connectivity index (χ4v) is 3.29. The molecule has 0 aliphatic carbocycles. The number of carbonyl (C=O) groups excluding carboxylic acids is 1. The Kier molecular flexibility index (Phi) is 17.3. The summed E-state index contributed by atoms with van der Waals surface area (Å²) in [6.07, 6.45) is 1.78. The van der Waals surface area contributed by atoms with Crippen molar-refractivity contribution >= 4 is 17.3 Å². The van der Waals surface area contributed by atoms with Gasteiger partial charge in [0.2, 0.25) is 5.91 Å². The van der Waals surface area contributed by atoms with Gasteiger partial charge < -0.3 is 9.80 Å². The van der Waals surface area contributed by atoms with E-state index in [1.807, 2.05) is 81.5 Å². The number of likely N-dealkylation sites (N-methyl/N-ethyl adjacent to an activating group) is 2. The molecule has 2 heterocycles. The van der Waals surface area contributed by atoms with Crippen LogP contribution < -0.4 is 9.80 Å². The molecule has 0 saturated heterocycles. The first-order valence-corrected chi connectivity index (χ1v) is 12.1. The van der Waals surface area contributed by atoms with E-state index in [9.17, 15) is 4.79 Å². The third-order valence-electron chi connectivity index (χ3n) is 4.67. The molecule has 0 radical (unpaired) electrons. The fourth-order valence-electron chi connectivity index (χ4n) is 3.29. The summed E-state index contributed by atoms with van der Waals surface area (Å²) in [4.78, 5) is 15.3. The quantitative estimate of drug-likeness (QED) is 0.431. The van der Waals surface area contributed by atoms with Crippen molar-refractivity contribution in [3.05, 3.63) is 58.7 Å². The Balaban J connectivity index is 0. The number of fused-ring (bicyclic) bond motifs is 2. The van der Waals surface area contributed by atoms with Gasteiger partial charge in [0, 0.05) is 32.0 Å². The van der Waals surface area contributed by atoms with Gasteiger partial charge in [0.25, 0.3) is 0 Å². The van der Waals surface area contributed by atoms with Crippen molar-refractivity contribution in [1.82, 2.24) is 0 Å². The zero-order valence-electron chi connectivity index (χ0n) is 22.4. The number of nitrogens with zero attached hydrogens (tertiary/aromatic N) is 2. The number of amides is 1. The van der Waals surface area contributed by atoms with Gasteiger partial charge in [0.05, 0.1) is 6.42 Å². The van der Waals surface area contributed by atoms with E-state index in [0.29, 0.717) is 6.42 Å². The molecule has 2 aromatic carbocycles. The van der Waals surface area contributed by atoms with Crippen LogP contribution in [0.2, 0.25) is 0 Å². The Bertz CT molecular complexity index is 753. The minimum Gasteiger partial charge on any atom is -0.374 e. The van der Waals surface area contributed by atoms with E-state index in [1.54, 1.807) is 4.90 Å². The molecule has 176 valence electrons. The molecule has 1 amide bonds. The summed E-state index contributed by atoms with van der Waals surface area (Å²) < 4.78 is 0. The Hall–Kier alpha value is -2.29. The summed E-state index contributed by atoms with van der Waals surface area (Å²) >= 11 is 0. The van der Waals surface area contributed by atoms with E-state index < -0.39 is 0 Å². The lowest BCUT2D eigenvalue weighted by atomic mass is 10.1. The van der Waals surface area contributed by atoms with Crippen LogP contribution in [0, 0.1) is 13.8 Å². The number of anilines is 2. The summed E-state index contributed by atoms with van der Waals surface area (Å²) in [5.41, 5.74) is 7.73. The lowest BCUT2D eigenvalue weighted by Gasteiger charge is -2.11. The largest absolute Gasteiger partial charge is 0.374 e. The first-order valence-electron chi connectivity index (χ1n) is 12.1. The molecular formula is C28H48N2O. The maximum absolute atomic E-state index is 11.3. The number of benzene rings is 2. The highest BCUT2D eigenvalue weighted by atomic mass is 16.2. The maximum Gasteiger partial charge on any atom is 0.231 e. The average molecular weight is 429 g/mol. The smallest absolute Gasteiger partial charge is 0.231 e. The van der Waals surface area contributed by atoms with E-state index in [4.69, 9.17) is 0 Å². The van der Waals surface area contributed by atoms with Gasteiger partial charge in [-0.1, -0.05) is 90.8 Å². The summed E-state index contributed by atoms with van der Waals surface area (Å²) in [5, 5.41) is 0. The van der Waals surface area contributed by atoms with Gasteiger partial charge in [-0.25, -0.2) is 0 Å². The molecule has 2 aromatic rings. The zero-order valence-corrected chi connectivity index (χ0v) is 22.4. The first kappa shape index (κ1) is 30.9. The monoisotopic (exact) mass is 428 g/mol. The predicted molar refractivity (Wildman–Crippen MR) is 142 cm³/mol. The van der Waals surface area contributed by atoms with Crippen LogP contribution in [0.15, 0.2) is 36.4 Å². The highest BCUT2D eigenvalue weighted by Crippen LogP contribution is 2.28. The molecule has 0 fully saturated rings. The highest BCUT2D eigenvalue weighted by Gasteiger charge is 2.23. The molecule has 2 aliphatic heterocycles. The second-order valence-electron chi connectivity index (χ2n) is 6.57. The third kappa shape index (κ3) is 9.16. The van der Waals surface area contributed by atoms with Crippen LogP contribution in [0.3, 0.4) is 0 Å². The Morgan fingerprint density at radius 1 is 0.677 bits per heavy atom. The van der Waals surface area contributed by atoms with E-state index in [0.717, 1.165) is 11.3 Å². The van der Waals surface area contributed by atoms with Crippen LogP contribution in [-0.4, -0.2) is 26.5 Å². The molecule has 0 atom stereocenters. The summed E-state index contributed by atoms with van der Waals surface area (Å²) in [6, 6.07) is 12.8. The second-order valence-corrected chi connectivity index (χ2v) is 6.57. The van der Waals surface area contributed by atoms with Crippen molar-refractivity contribution in [3.63, 3.8) is 0 Å². The topological polar surface area (TPSA) is 23.6 Å². The summed E-state index contributed by atoms with van der Waals surface area (Å²) in [7, 11) is 3.98. The minimum atomic E-state index is 0.190. The van der Waals surface area contributed by atoms with Crippen molar-refractivity contribution in [2.45, 2.75) is 82.1 Å². The van der Waals surface area contributed by atoms with Crippen LogP contribution in [0.4, 0.5) is 11.4 Å². The van der Waals surface area contributed by atoms with Gasteiger partial charge in [-0.15, -0.1) is 0 Å². The van der Waals surface area contributed by atoms with Gasteiger partial charge in [-0.05, 0) is 43.5 Å². The van der Waals surface area contributed by atoms with Gasteiger partial charge in [-0.2, -0.15) is 0 Å². The maximum atomic E-state index is 11.3. The number of rotatable bonds is 0. The van der Waals surface area contributed by atoms with Crippen LogP contribution >= 0.6 is 0 Å². The van der Waals surface area contributed by atoms with Gasteiger partial charge >= 0.3 is 0 Å².